The van der Waals surface area contributed by atoms with Gasteiger partial charge in [-0.25, -0.2) is 0 Å². The quantitative estimate of drug-likeness (QED) is 0.435. The van der Waals surface area contributed by atoms with E-state index in [4.69, 9.17) is 4.84 Å². The Bertz CT molecular complexity index is 780. The predicted octanol–water partition coefficient (Wildman–Crippen LogP) is 5.49. The molecular weight excluding hydrogens is 294 g/mol. The third-order valence-corrected chi connectivity index (χ3v) is 3.57. The maximum atomic E-state index is 5.74. The van der Waals surface area contributed by atoms with Crippen LogP contribution in [0.25, 0.3) is 6.08 Å². The highest BCUT2D eigenvalue weighted by atomic mass is 16.6. The van der Waals surface area contributed by atoms with E-state index in [9.17, 15) is 0 Å². The maximum Gasteiger partial charge on any atom is 0.171 e. The number of rotatable bonds is 6. The summed E-state index contributed by atoms with van der Waals surface area (Å²) in [6.45, 7) is 0. The van der Waals surface area contributed by atoms with Gasteiger partial charge in [-0.1, -0.05) is 102 Å². The molecule has 0 aliphatic carbocycles. The summed E-state index contributed by atoms with van der Waals surface area (Å²) in [5, 5.41) is 4.15. The number of benzene rings is 3. The minimum Gasteiger partial charge on any atom is -0.383 e. The molecule has 3 aromatic rings. The molecule has 0 spiro atoms. The van der Waals surface area contributed by atoms with E-state index in [0.717, 1.165) is 16.7 Å². The van der Waals surface area contributed by atoms with Crippen LogP contribution in [0, 0.1) is 0 Å². The Balaban J connectivity index is 1.75. The van der Waals surface area contributed by atoms with E-state index in [-0.39, 0.29) is 6.10 Å². The van der Waals surface area contributed by atoms with Crippen LogP contribution < -0.4 is 0 Å². The molecule has 0 fully saturated rings. The second kappa shape index (κ2) is 8.49. The summed E-state index contributed by atoms with van der Waals surface area (Å²) in [6, 6.07) is 30.2. The molecule has 0 aliphatic rings. The molecule has 118 valence electrons. The van der Waals surface area contributed by atoms with E-state index < -0.39 is 0 Å². The zero-order valence-corrected chi connectivity index (χ0v) is 13.3. The zero-order chi connectivity index (χ0) is 16.5. The predicted molar refractivity (Wildman–Crippen MR) is 99.8 cm³/mol. The van der Waals surface area contributed by atoms with Crippen molar-refractivity contribution >= 4 is 12.3 Å². The lowest BCUT2D eigenvalue weighted by Crippen LogP contribution is -1.97. The molecule has 2 heteroatoms. The molecule has 3 aromatic carbocycles. The lowest BCUT2D eigenvalue weighted by molar-refractivity contribution is 0.0948. The molecule has 0 radical (unpaired) electrons. The summed E-state index contributed by atoms with van der Waals surface area (Å²) < 4.78 is 0. The summed E-state index contributed by atoms with van der Waals surface area (Å²) in [5.41, 5.74) is 3.21. The van der Waals surface area contributed by atoms with Crippen LogP contribution in [0.1, 0.15) is 22.8 Å². The van der Waals surface area contributed by atoms with Crippen LogP contribution in [0.4, 0.5) is 0 Å². The van der Waals surface area contributed by atoms with Gasteiger partial charge in [-0.05, 0) is 22.8 Å². The summed E-state index contributed by atoms with van der Waals surface area (Å²) >= 11 is 0. The lowest BCUT2D eigenvalue weighted by atomic mass is 10.1. The van der Waals surface area contributed by atoms with Crippen molar-refractivity contribution in [3.05, 3.63) is 114 Å². The summed E-state index contributed by atoms with van der Waals surface area (Å²) in [7, 11) is 0. The van der Waals surface area contributed by atoms with Crippen molar-refractivity contribution in [2.45, 2.75) is 6.10 Å². The van der Waals surface area contributed by atoms with Crippen molar-refractivity contribution in [3.63, 3.8) is 0 Å². The van der Waals surface area contributed by atoms with E-state index in [2.05, 4.69) is 23.4 Å². The fourth-order valence-corrected chi connectivity index (χ4v) is 2.31. The van der Waals surface area contributed by atoms with E-state index in [1.54, 1.807) is 6.21 Å². The zero-order valence-electron chi connectivity index (χ0n) is 13.3. The molecule has 0 bridgehead atoms. The Labute approximate surface area is 142 Å². The molecule has 0 heterocycles. The van der Waals surface area contributed by atoms with Gasteiger partial charge in [0, 0.05) is 0 Å². The molecule has 0 aliphatic heterocycles. The van der Waals surface area contributed by atoms with Crippen molar-refractivity contribution in [1.82, 2.24) is 0 Å². The Kier molecular flexibility index (Phi) is 5.57. The van der Waals surface area contributed by atoms with Gasteiger partial charge in [-0.3, -0.25) is 0 Å². The SMILES string of the molecule is C(=C\C(O/N=C/c1ccccc1)c1ccccc1)/c1ccccc1. The first-order chi connectivity index (χ1) is 11.9. The van der Waals surface area contributed by atoms with Crippen LogP contribution in [0.5, 0.6) is 0 Å². The van der Waals surface area contributed by atoms with Crippen LogP contribution in [-0.2, 0) is 4.84 Å². The Hall–Kier alpha value is -3.13. The van der Waals surface area contributed by atoms with Gasteiger partial charge < -0.3 is 4.84 Å². The number of hydrogen-bond acceptors (Lipinski definition) is 2. The van der Waals surface area contributed by atoms with Crippen molar-refractivity contribution in [3.8, 4) is 0 Å². The molecule has 0 saturated heterocycles. The van der Waals surface area contributed by atoms with Gasteiger partial charge in [0.2, 0.25) is 0 Å². The molecule has 2 nitrogen and oxygen atoms in total. The highest BCUT2D eigenvalue weighted by molar-refractivity contribution is 5.78. The van der Waals surface area contributed by atoms with Crippen LogP contribution >= 0.6 is 0 Å². The van der Waals surface area contributed by atoms with Gasteiger partial charge in [0.1, 0.15) is 0 Å². The van der Waals surface area contributed by atoms with Gasteiger partial charge in [-0.15, -0.1) is 0 Å². The van der Waals surface area contributed by atoms with Crippen molar-refractivity contribution in [1.29, 1.82) is 0 Å². The van der Waals surface area contributed by atoms with E-state index in [0.29, 0.717) is 0 Å². The molecular formula is C22H19NO. The Morgan fingerprint density at radius 2 is 1.21 bits per heavy atom. The van der Waals surface area contributed by atoms with Crippen LogP contribution in [0.15, 0.2) is 102 Å². The minimum absolute atomic E-state index is 0.230. The van der Waals surface area contributed by atoms with Gasteiger partial charge in [0.25, 0.3) is 0 Å². The van der Waals surface area contributed by atoms with Crippen LogP contribution in [0.3, 0.4) is 0 Å². The molecule has 1 atom stereocenters. The van der Waals surface area contributed by atoms with Crippen molar-refractivity contribution < 1.29 is 4.84 Å². The summed E-state index contributed by atoms with van der Waals surface area (Å²) in [4.78, 5) is 5.74. The van der Waals surface area contributed by atoms with E-state index in [1.807, 2.05) is 84.9 Å². The molecule has 0 aromatic heterocycles. The summed E-state index contributed by atoms with van der Waals surface area (Å²) in [6.07, 6.45) is 5.57. The van der Waals surface area contributed by atoms with Crippen LogP contribution in [0.2, 0.25) is 0 Å². The van der Waals surface area contributed by atoms with Gasteiger partial charge in [0.15, 0.2) is 6.10 Å². The van der Waals surface area contributed by atoms with E-state index >= 15 is 0 Å². The molecule has 1 unspecified atom stereocenters. The average molecular weight is 313 g/mol. The van der Waals surface area contributed by atoms with Crippen molar-refractivity contribution in [2.24, 2.45) is 5.16 Å². The first kappa shape index (κ1) is 15.8. The third-order valence-electron chi connectivity index (χ3n) is 3.57. The number of nitrogens with zero attached hydrogens (tertiary/aromatic N) is 1. The minimum atomic E-state index is -0.230. The fourth-order valence-electron chi connectivity index (χ4n) is 2.31. The van der Waals surface area contributed by atoms with Gasteiger partial charge >= 0.3 is 0 Å². The second-order valence-corrected chi connectivity index (χ2v) is 5.35. The van der Waals surface area contributed by atoms with Gasteiger partial charge in [0.05, 0.1) is 6.21 Å². The second-order valence-electron chi connectivity index (χ2n) is 5.35. The highest BCUT2D eigenvalue weighted by Gasteiger charge is 2.08. The number of hydrogen-bond donors (Lipinski definition) is 0. The largest absolute Gasteiger partial charge is 0.383 e. The van der Waals surface area contributed by atoms with Gasteiger partial charge in [-0.2, -0.15) is 0 Å². The normalized spacial score (nSPS) is 12.5. The van der Waals surface area contributed by atoms with Crippen molar-refractivity contribution in [2.75, 3.05) is 0 Å². The molecule has 0 amide bonds. The van der Waals surface area contributed by atoms with E-state index in [1.165, 1.54) is 0 Å². The van der Waals surface area contributed by atoms with Crippen LogP contribution in [-0.4, -0.2) is 6.21 Å². The standard InChI is InChI=1S/C22H19NO/c1-4-10-19(11-5-1)16-17-22(21-14-8-3-9-15-21)24-23-18-20-12-6-2-7-13-20/h1-18,22H/b17-16+,23-18+. The topological polar surface area (TPSA) is 21.6 Å². The maximum absolute atomic E-state index is 5.74. The molecule has 0 saturated carbocycles. The monoisotopic (exact) mass is 313 g/mol. The molecule has 0 N–H and O–H groups in total. The number of oxime groups is 1. The first-order valence-corrected chi connectivity index (χ1v) is 7.94. The molecule has 24 heavy (non-hydrogen) atoms. The fraction of sp³-hybridized carbons (Fsp3) is 0.0455. The molecule has 3 rings (SSSR count). The summed E-state index contributed by atoms with van der Waals surface area (Å²) in [5.74, 6) is 0. The Morgan fingerprint density at radius 3 is 1.83 bits per heavy atom. The smallest absolute Gasteiger partial charge is 0.171 e. The lowest BCUT2D eigenvalue weighted by Gasteiger charge is -2.11. The average Bonchev–Trinajstić information content (AvgIpc) is 2.67. The third kappa shape index (κ3) is 4.68. The highest BCUT2D eigenvalue weighted by Crippen LogP contribution is 2.20. The Morgan fingerprint density at radius 1 is 0.667 bits per heavy atom. The first-order valence-electron chi connectivity index (χ1n) is 7.94.